The van der Waals surface area contributed by atoms with Crippen molar-refractivity contribution in [2.75, 3.05) is 25.6 Å². The van der Waals surface area contributed by atoms with E-state index in [2.05, 4.69) is 14.9 Å². The number of likely N-dealkylation sites (N-methyl/N-ethyl adjacent to an activating group) is 1. The molecular formula is C12H13N3O2S. The van der Waals surface area contributed by atoms with Gasteiger partial charge in [0.2, 0.25) is 0 Å². The minimum Gasteiger partial charge on any atom is -0.468 e. The summed E-state index contributed by atoms with van der Waals surface area (Å²) in [6.45, 7) is 0.156. The number of methoxy groups -OCH3 is 1. The molecule has 0 unspecified atom stereocenters. The summed E-state index contributed by atoms with van der Waals surface area (Å²) in [5.41, 5.74) is 0.834. The molecule has 0 aliphatic carbocycles. The van der Waals surface area contributed by atoms with Crippen molar-refractivity contribution < 1.29 is 9.53 Å². The highest BCUT2D eigenvalue weighted by molar-refractivity contribution is 7.13. The number of aromatic nitrogens is 2. The van der Waals surface area contributed by atoms with Crippen LogP contribution >= 0.6 is 11.3 Å². The van der Waals surface area contributed by atoms with Crippen molar-refractivity contribution in [3.05, 3.63) is 29.6 Å². The summed E-state index contributed by atoms with van der Waals surface area (Å²) < 4.78 is 4.60. The zero-order valence-electron chi connectivity index (χ0n) is 10.2. The van der Waals surface area contributed by atoms with Gasteiger partial charge >= 0.3 is 5.97 Å². The van der Waals surface area contributed by atoms with Crippen LogP contribution in [-0.4, -0.2) is 36.9 Å². The van der Waals surface area contributed by atoms with Gasteiger partial charge in [-0.3, -0.25) is 4.79 Å². The SMILES string of the molecule is COC(=O)CN(C)c1ccc(-c2cccs2)nn1. The van der Waals surface area contributed by atoms with Crippen LogP contribution in [0.5, 0.6) is 0 Å². The third kappa shape index (κ3) is 2.84. The fraction of sp³-hybridized carbons (Fsp3) is 0.250. The monoisotopic (exact) mass is 263 g/mol. The second kappa shape index (κ2) is 5.59. The van der Waals surface area contributed by atoms with E-state index in [9.17, 15) is 4.79 Å². The van der Waals surface area contributed by atoms with E-state index in [-0.39, 0.29) is 12.5 Å². The molecule has 94 valence electrons. The van der Waals surface area contributed by atoms with Crippen molar-refractivity contribution >= 4 is 23.1 Å². The van der Waals surface area contributed by atoms with Crippen LogP contribution in [0.15, 0.2) is 29.6 Å². The van der Waals surface area contributed by atoms with Gasteiger partial charge < -0.3 is 9.64 Å². The highest BCUT2D eigenvalue weighted by Crippen LogP contribution is 2.22. The summed E-state index contributed by atoms with van der Waals surface area (Å²) >= 11 is 1.61. The molecule has 0 atom stereocenters. The van der Waals surface area contributed by atoms with Crippen molar-refractivity contribution in [1.82, 2.24) is 10.2 Å². The Morgan fingerprint density at radius 2 is 2.22 bits per heavy atom. The number of anilines is 1. The maximum absolute atomic E-state index is 11.1. The third-order valence-electron chi connectivity index (χ3n) is 2.41. The molecule has 0 aliphatic heterocycles. The van der Waals surface area contributed by atoms with E-state index in [1.54, 1.807) is 23.3 Å². The maximum Gasteiger partial charge on any atom is 0.325 e. The van der Waals surface area contributed by atoms with Gasteiger partial charge in [0.1, 0.15) is 12.2 Å². The molecule has 0 saturated carbocycles. The summed E-state index contributed by atoms with van der Waals surface area (Å²) in [7, 11) is 3.13. The van der Waals surface area contributed by atoms with Crippen LogP contribution in [0.1, 0.15) is 0 Å². The Kier molecular flexibility index (Phi) is 3.88. The second-order valence-electron chi connectivity index (χ2n) is 3.69. The average Bonchev–Trinajstić information content (AvgIpc) is 2.92. The van der Waals surface area contributed by atoms with Crippen LogP contribution < -0.4 is 4.90 Å². The quantitative estimate of drug-likeness (QED) is 0.787. The number of thiophene rings is 1. The lowest BCUT2D eigenvalue weighted by Gasteiger charge is -2.15. The number of ether oxygens (including phenoxy) is 1. The predicted molar refractivity (Wildman–Crippen MR) is 70.6 cm³/mol. The summed E-state index contributed by atoms with van der Waals surface area (Å²) in [5, 5.41) is 10.2. The first-order valence-corrected chi connectivity index (χ1v) is 6.24. The fourth-order valence-electron chi connectivity index (χ4n) is 1.42. The smallest absolute Gasteiger partial charge is 0.325 e. The number of hydrogen-bond donors (Lipinski definition) is 0. The molecule has 6 heteroatoms. The van der Waals surface area contributed by atoms with Gasteiger partial charge in [-0.1, -0.05) is 6.07 Å². The molecule has 0 saturated heterocycles. The first-order valence-electron chi connectivity index (χ1n) is 5.36. The van der Waals surface area contributed by atoms with E-state index >= 15 is 0 Å². The van der Waals surface area contributed by atoms with E-state index < -0.39 is 0 Å². The van der Waals surface area contributed by atoms with E-state index in [4.69, 9.17) is 0 Å². The van der Waals surface area contributed by atoms with Crippen LogP contribution in [-0.2, 0) is 9.53 Å². The van der Waals surface area contributed by atoms with Crippen LogP contribution in [0.4, 0.5) is 5.82 Å². The van der Waals surface area contributed by atoms with Crippen LogP contribution in [0, 0.1) is 0 Å². The Bertz CT molecular complexity index is 511. The van der Waals surface area contributed by atoms with E-state index in [0.29, 0.717) is 5.82 Å². The Morgan fingerprint density at radius 1 is 1.39 bits per heavy atom. The lowest BCUT2D eigenvalue weighted by molar-refractivity contribution is -0.138. The summed E-state index contributed by atoms with van der Waals surface area (Å²) in [6.07, 6.45) is 0. The van der Waals surface area contributed by atoms with Crippen LogP contribution in [0.2, 0.25) is 0 Å². The third-order valence-corrected chi connectivity index (χ3v) is 3.30. The first kappa shape index (κ1) is 12.5. The van der Waals surface area contributed by atoms with Gasteiger partial charge in [0, 0.05) is 7.05 Å². The van der Waals surface area contributed by atoms with Gasteiger partial charge in [0.25, 0.3) is 0 Å². The number of carbonyl (C=O) groups excluding carboxylic acids is 1. The molecule has 0 bridgehead atoms. The molecule has 0 N–H and O–H groups in total. The minimum atomic E-state index is -0.304. The Labute approximate surface area is 109 Å². The summed E-state index contributed by atoms with van der Waals surface area (Å²) in [6, 6.07) is 7.69. The van der Waals surface area contributed by atoms with Gasteiger partial charge in [-0.05, 0) is 23.6 Å². The van der Waals surface area contributed by atoms with Crippen molar-refractivity contribution in [2.24, 2.45) is 0 Å². The topological polar surface area (TPSA) is 55.3 Å². The average molecular weight is 263 g/mol. The Balaban J connectivity index is 2.10. The molecule has 2 rings (SSSR count). The molecule has 2 aromatic heterocycles. The number of hydrogen-bond acceptors (Lipinski definition) is 6. The lowest BCUT2D eigenvalue weighted by atomic mass is 10.3. The zero-order valence-corrected chi connectivity index (χ0v) is 11.0. The van der Waals surface area contributed by atoms with Gasteiger partial charge in [-0.25, -0.2) is 0 Å². The Morgan fingerprint density at radius 3 is 2.78 bits per heavy atom. The van der Waals surface area contributed by atoms with E-state index in [1.165, 1.54) is 7.11 Å². The zero-order chi connectivity index (χ0) is 13.0. The highest BCUT2D eigenvalue weighted by Gasteiger charge is 2.09. The van der Waals surface area contributed by atoms with Crippen molar-refractivity contribution in [1.29, 1.82) is 0 Å². The number of nitrogens with zero attached hydrogens (tertiary/aromatic N) is 3. The molecule has 18 heavy (non-hydrogen) atoms. The largest absolute Gasteiger partial charge is 0.468 e. The van der Waals surface area contributed by atoms with E-state index in [1.807, 2.05) is 29.6 Å². The molecule has 0 fully saturated rings. The van der Waals surface area contributed by atoms with Gasteiger partial charge in [-0.2, -0.15) is 0 Å². The maximum atomic E-state index is 11.1. The Hall–Kier alpha value is -1.95. The number of rotatable bonds is 4. The molecule has 0 spiro atoms. The highest BCUT2D eigenvalue weighted by atomic mass is 32.1. The molecule has 5 nitrogen and oxygen atoms in total. The first-order chi connectivity index (χ1) is 8.70. The second-order valence-corrected chi connectivity index (χ2v) is 4.63. The van der Waals surface area contributed by atoms with Gasteiger partial charge in [0.15, 0.2) is 5.82 Å². The molecule has 0 amide bonds. The lowest BCUT2D eigenvalue weighted by Crippen LogP contribution is -2.27. The summed E-state index contributed by atoms with van der Waals surface area (Å²) in [4.78, 5) is 13.9. The van der Waals surface area contributed by atoms with Crippen LogP contribution in [0.25, 0.3) is 10.6 Å². The van der Waals surface area contributed by atoms with E-state index in [0.717, 1.165) is 10.6 Å². The van der Waals surface area contributed by atoms with Crippen LogP contribution in [0.3, 0.4) is 0 Å². The normalized spacial score (nSPS) is 10.1. The summed E-state index contributed by atoms with van der Waals surface area (Å²) in [5.74, 6) is 0.335. The van der Waals surface area contributed by atoms with Crippen molar-refractivity contribution in [3.8, 4) is 10.6 Å². The van der Waals surface area contributed by atoms with Crippen molar-refractivity contribution in [3.63, 3.8) is 0 Å². The van der Waals surface area contributed by atoms with Crippen molar-refractivity contribution in [2.45, 2.75) is 0 Å². The molecule has 2 heterocycles. The van der Waals surface area contributed by atoms with Gasteiger partial charge in [-0.15, -0.1) is 21.5 Å². The molecule has 2 aromatic rings. The molecule has 0 radical (unpaired) electrons. The number of carbonyl (C=O) groups is 1. The molecule has 0 aromatic carbocycles. The fourth-order valence-corrected chi connectivity index (χ4v) is 2.11. The minimum absolute atomic E-state index is 0.156. The van der Waals surface area contributed by atoms with Gasteiger partial charge in [0.05, 0.1) is 12.0 Å². The molecule has 0 aliphatic rings. The molecular weight excluding hydrogens is 250 g/mol. The number of esters is 1. The standard InChI is InChI=1S/C12H13N3O2S/c1-15(8-12(16)17-2)11-6-5-9(13-14-11)10-4-3-7-18-10/h3-7H,8H2,1-2H3. The predicted octanol–water partition coefficient (Wildman–Crippen LogP) is 1.81.